The molecule has 3 heteroatoms. The molecule has 0 aromatic heterocycles. The Balaban J connectivity index is 2.31. The summed E-state index contributed by atoms with van der Waals surface area (Å²) in [5.41, 5.74) is 4.58. The normalized spacial score (nSPS) is 11.9. The van der Waals surface area contributed by atoms with Crippen molar-refractivity contribution in [3.63, 3.8) is 0 Å². The molecule has 23 heavy (non-hydrogen) atoms. The summed E-state index contributed by atoms with van der Waals surface area (Å²) in [5, 5.41) is 12.2. The lowest BCUT2D eigenvalue weighted by Crippen LogP contribution is -2.06. The second-order valence-electron chi connectivity index (χ2n) is 5.08. The molecule has 2 aromatic rings. The molecule has 2 aromatic carbocycles. The number of nitrogens with one attached hydrogen (secondary N) is 1. The Morgan fingerprint density at radius 2 is 1.83 bits per heavy atom. The van der Waals surface area contributed by atoms with Gasteiger partial charge in [0.25, 0.3) is 0 Å². The highest BCUT2D eigenvalue weighted by molar-refractivity contribution is 5.75. The predicted molar refractivity (Wildman–Crippen MR) is 93.7 cm³/mol. The Hall–Kier alpha value is -2.86. The highest BCUT2D eigenvalue weighted by atomic mass is 19.1. The Kier molecular flexibility index (Phi) is 5.71. The number of allylic oxidation sites excluding steroid dienone is 2. The van der Waals surface area contributed by atoms with Gasteiger partial charge in [-0.05, 0) is 46.9 Å². The molecule has 0 spiro atoms. The number of nitriles is 1. The van der Waals surface area contributed by atoms with Crippen LogP contribution in [0.25, 0.3) is 17.7 Å². The molecule has 0 amide bonds. The van der Waals surface area contributed by atoms with Crippen molar-refractivity contribution < 1.29 is 4.39 Å². The molecule has 2 nitrogen and oxygen atoms in total. The zero-order valence-corrected chi connectivity index (χ0v) is 13.3. The summed E-state index contributed by atoms with van der Waals surface area (Å²) in [6.45, 7) is 2.03. The molecule has 0 unspecified atom stereocenters. The van der Waals surface area contributed by atoms with Crippen LogP contribution >= 0.6 is 0 Å². The summed E-state index contributed by atoms with van der Waals surface area (Å²) in [5.74, 6) is -0.238. The van der Waals surface area contributed by atoms with Gasteiger partial charge in [0, 0.05) is 7.05 Å². The fraction of sp³-hybridized carbons (Fsp3) is 0.150. The maximum absolute atomic E-state index is 12.9. The van der Waals surface area contributed by atoms with Crippen LogP contribution in [0.5, 0.6) is 0 Å². The number of hydrogen-bond acceptors (Lipinski definition) is 2. The minimum Gasteiger partial charge on any atom is -0.379 e. The van der Waals surface area contributed by atoms with E-state index in [1.54, 1.807) is 19.2 Å². The summed E-state index contributed by atoms with van der Waals surface area (Å²) in [4.78, 5) is 0. The Labute approximate surface area is 136 Å². The van der Waals surface area contributed by atoms with E-state index in [0.29, 0.717) is 5.70 Å². The van der Waals surface area contributed by atoms with Gasteiger partial charge in [-0.3, -0.25) is 0 Å². The molecular weight excluding hydrogens is 287 g/mol. The van der Waals surface area contributed by atoms with Crippen LogP contribution in [0.2, 0.25) is 0 Å². The van der Waals surface area contributed by atoms with Gasteiger partial charge in [0.2, 0.25) is 0 Å². The van der Waals surface area contributed by atoms with E-state index in [1.165, 1.54) is 12.1 Å². The van der Waals surface area contributed by atoms with Crippen molar-refractivity contribution in [2.24, 2.45) is 0 Å². The first kappa shape index (κ1) is 16.5. The Bertz CT molecular complexity index is 765. The van der Waals surface area contributed by atoms with E-state index < -0.39 is 0 Å². The third-order valence-electron chi connectivity index (χ3n) is 3.59. The minimum absolute atomic E-state index is 0.238. The smallest absolute Gasteiger partial charge is 0.123 e. The molecule has 0 aliphatic carbocycles. The molecule has 0 bridgehead atoms. The van der Waals surface area contributed by atoms with Gasteiger partial charge in [0.15, 0.2) is 0 Å². The molecule has 0 atom stereocenters. The molecule has 0 radical (unpaired) electrons. The van der Waals surface area contributed by atoms with Crippen molar-refractivity contribution in [3.8, 4) is 6.07 Å². The molecule has 2 rings (SSSR count). The van der Waals surface area contributed by atoms with Crippen LogP contribution in [0.15, 0.2) is 54.2 Å². The monoisotopic (exact) mass is 306 g/mol. The Morgan fingerprint density at radius 3 is 2.43 bits per heavy atom. The molecule has 0 aliphatic rings. The Morgan fingerprint density at radius 1 is 1.13 bits per heavy atom. The maximum atomic E-state index is 12.9. The van der Waals surface area contributed by atoms with Crippen LogP contribution in [0.3, 0.4) is 0 Å². The lowest BCUT2D eigenvalue weighted by Gasteiger charge is -2.09. The zero-order valence-electron chi connectivity index (χ0n) is 13.3. The molecule has 116 valence electrons. The number of nitrogens with zero attached hydrogens (tertiary/aromatic N) is 1. The summed E-state index contributed by atoms with van der Waals surface area (Å²) in [6, 6.07) is 16.6. The average molecular weight is 306 g/mol. The topological polar surface area (TPSA) is 35.8 Å². The quantitative estimate of drug-likeness (QED) is 0.632. The summed E-state index contributed by atoms with van der Waals surface area (Å²) in [6.07, 6.45) is 4.70. The lowest BCUT2D eigenvalue weighted by atomic mass is 9.99. The number of benzene rings is 2. The van der Waals surface area contributed by atoms with Crippen LogP contribution < -0.4 is 5.32 Å². The van der Waals surface area contributed by atoms with Crippen LogP contribution in [-0.4, -0.2) is 7.05 Å². The number of halogens is 1. The third-order valence-corrected chi connectivity index (χ3v) is 3.59. The van der Waals surface area contributed by atoms with Crippen LogP contribution in [0, 0.1) is 17.1 Å². The molecule has 0 saturated heterocycles. The molecule has 0 heterocycles. The second kappa shape index (κ2) is 7.95. The number of rotatable bonds is 5. The fourth-order valence-corrected chi connectivity index (χ4v) is 2.40. The SMILES string of the molecule is CC/C(=C(/C#N)NC)c1cccc(/C=C/c2ccc(F)cc2)c1. The zero-order chi connectivity index (χ0) is 16.7. The fourth-order valence-electron chi connectivity index (χ4n) is 2.40. The van der Waals surface area contributed by atoms with Gasteiger partial charge in [0.05, 0.1) is 0 Å². The van der Waals surface area contributed by atoms with Gasteiger partial charge in [-0.15, -0.1) is 0 Å². The number of hydrogen-bond donors (Lipinski definition) is 1. The summed E-state index contributed by atoms with van der Waals surface area (Å²) in [7, 11) is 1.76. The molecule has 1 N–H and O–H groups in total. The highest BCUT2D eigenvalue weighted by Crippen LogP contribution is 2.22. The maximum Gasteiger partial charge on any atom is 0.123 e. The molecule has 0 saturated carbocycles. The van der Waals surface area contributed by atoms with Crippen molar-refractivity contribution in [2.75, 3.05) is 7.05 Å². The van der Waals surface area contributed by atoms with E-state index >= 15 is 0 Å². The van der Waals surface area contributed by atoms with E-state index in [0.717, 1.165) is 28.7 Å². The second-order valence-corrected chi connectivity index (χ2v) is 5.08. The van der Waals surface area contributed by atoms with Crippen LogP contribution in [-0.2, 0) is 0 Å². The minimum atomic E-state index is -0.238. The first-order valence-corrected chi connectivity index (χ1v) is 7.53. The largest absolute Gasteiger partial charge is 0.379 e. The highest BCUT2D eigenvalue weighted by Gasteiger charge is 2.06. The first-order valence-electron chi connectivity index (χ1n) is 7.53. The van der Waals surface area contributed by atoms with Crippen molar-refractivity contribution in [2.45, 2.75) is 13.3 Å². The molecule has 0 fully saturated rings. The van der Waals surface area contributed by atoms with Gasteiger partial charge in [0.1, 0.15) is 17.6 Å². The van der Waals surface area contributed by atoms with Gasteiger partial charge < -0.3 is 5.32 Å². The van der Waals surface area contributed by atoms with E-state index in [2.05, 4.69) is 11.4 Å². The van der Waals surface area contributed by atoms with Crippen LogP contribution in [0.4, 0.5) is 4.39 Å². The summed E-state index contributed by atoms with van der Waals surface area (Å²) >= 11 is 0. The predicted octanol–water partition coefficient (Wildman–Crippen LogP) is 4.86. The average Bonchev–Trinajstić information content (AvgIpc) is 2.59. The van der Waals surface area contributed by atoms with Crippen molar-refractivity contribution in [1.29, 1.82) is 5.26 Å². The standard InChI is InChI=1S/C20H19FN2/c1-3-19(20(14-22)23-2)17-6-4-5-16(13-17)8-7-15-9-11-18(21)12-10-15/h4-13,23H,3H2,1-2H3/b8-7+,20-19+. The van der Waals surface area contributed by atoms with Crippen molar-refractivity contribution in [3.05, 3.63) is 76.7 Å². The van der Waals surface area contributed by atoms with Crippen molar-refractivity contribution >= 4 is 17.7 Å². The molecule has 0 aliphatic heterocycles. The first-order chi connectivity index (χ1) is 11.2. The summed E-state index contributed by atoms with van der Waals surface area (Å²) < 4.78 is 12.9. The van der Waals surface area contributed by atoms with E-state index in [9.17, 15) is 9.65 Å². The van der Waals surface area contributed by atoms with E-state index in [-0.39, 0.29) is 5.82 Å². The van der Waals surface area contributed by atoms with E-state index in [1.807, 2.05) is 43.3 Å². The third kappa shape index (κ3) is 4.31. The lowest BCUT2D eigenvalue weighted by molar-refractivity contribution is 0.628. The van der Waals surface area contributed by atoms with Gasteiger partial charge in [-0.2, -0.15) is 5.26 Å². The van der Waals surface area contributed by atoms with Crippen LogP contribution in [0.1, 0.15) is 30.0 Å². The van der Waals surface area contributed by atoms with E-state index in [4.69, 9.17) is 0 Å². The van der Waals surface area contributed by atoms with Gasteiger partial charge >= 0.3 is 0 Å². The van der Waals surface area contributed by atoms with Gasteiger partial charge in [-0.25, -0.2) is 4.39 Å². The molecular formula is C20H19FN2. The van der Waals surface area contributed by atoms with Crippen molar-refractivity contribution in [1.82, 2.24) is 5.32 Å². The van der Waals surface area contributed by atoms with Gasteiger partial charge in [-0.1, -0.05) is 49.4 Å².